The molecule has 0 saturated heterocycles. The van der Waals surface area contributed by atoms with E-state index >= 15 is 0 Å². The Hall–Kier alpha value is -0.0400. The minimum Gasteiger partial charge on any atom is -0.317 e. The summed E-state index contributed by atoms with van der Waals surface area (Å²) in [7, 11) is 0. The summed E-state index contributed by atoms with van der Waals surface area (Å²) in [6, 6.07) is 0. The Morgan fingerprint density at radius 2 is 1.73 bits per heavy atom. The van der Waals surface area contributed by atoms with Crippen molar-refractivity contribution >= 4 is 0 Å². The quantitative estimate of drug-likeness (QED) is 0.628. The first-order chi connectivity index (χ1) is 7.33. The first kappa shape index (κ1) is 13.0. The molecule has 1 heteroatoms. The van der Waals surface area contributed by atoms with Gasteiger partial charge in [-0.3, -0.25) is 0 Å². The summed E-state index contributed by atoms with van der Waals surface area (Å²) in [5.74, 6) is 2.07. The zero-order valence-electron chi connectivity index (χ0n) is 10.7. The molecule has 1 N–H and O–H groups in total. The second-order valence-corrected chi connectivity index (χ2v) is 5.37. The molecule has 0 atom stereocenters. The van der Waals surface area contributed by atoms with Crippen molar-refractivity contribution < 1.29 is 0 Å². The van der Waals surface area contributed by atoms with Crippen molar-refractivity contribution in [3.63, 3.8) is 0 Å². The summed E-state index contributed by atoms with van der Waals surface area (Å²) in [4.78, 5) is 0. The van der Waals surface area contributed by atoms with Gasteiger partial charge in [-0.15, -0.1) is 0 Å². The fourth-order valence-electron chi connectivity index (χ4n) is 2.60. The molecule has 15 heavy (non-hydrogen) atoms. The summed E-state index contributed by atoms with van der Waals surface area (Å²) >= 11 is 0. The van der Waals surface area contributed by atoms with Gasteiger partial charge in [0.25, 0.3) is 0 Å². The second-order valence-electron chi connectivity index (χ2n) is 5.37. The third kappa shape index (κ3) is 6.19. The molecule has 0 spiro atoms. The summed E-state index contributed by atoms with van der Waals surface area (Å²) in [6.07, 6.45) is 11.5. The van der Waals surface area contributed by atoms with Crippen LogP contribution in [0.15, 0.2) is 0 Å². The number of hydrogen-bond acceptors (Lipinski definition) is 1. The van der Waals surface area contributed by atoms with Crippen molar-refractivity contribution in [2.45, 2.75) is 65.2 Å². The molecular formula is C14H29N. The first-order valence-corrected chi connectivity index (χ1v) is 7.03. The highest BCUT2D eigenvalue weighted by Crippen LogP contribution is 2.31. The van der Waals surface area contributed by atoms with E-state index in [1.165, 1.54) is 64.5 Å². The van der Waals surface area contributed by atoms with Crippen LogP contribution in [0.1, 0.15) is 65.2 Å². The minimum atomic E-state index is 1.01. The minimum absolute atomic E-state index is 1.01. The predicted octanol–water partition coefficient (Wildman–Crippen LogP) is 3.98. The van der Waals surface area contributed by atoms with Gasteiger partial charge < -0.3 is 5.32 Å². The Labute approximate surface area is 96.0 Å². The van der Waals surface area contributed by atoms with E-state index in [9.17, 15) is 0 Å². The monoisotopic (exact) mass is 211 g/mol. The van der Waals surface area contributed by atoms with Crippen molar-refractivity contribution in [2.24, 2.45) is 11.8 Å². The SMILES string of the molecule is CCCNCCCCC1CCC(C)CC1. The van der Waals surface area contributed by atoms with Crippen molar-refractivity contribution in [3.05, 3.63) is 0 Å². The summed E-state index contributed by atoms with van der Waals surface area (Å²) in [6.45, 7) is 7.07. The highest BCUT2D eigenvalue weighted by molar-refractivity contribution is 4.70. The van der Waals surface area contributed by atoms with Gasteiger partial charge in [-0.05, 0) is 37.8 Å². The van der Waals surface area contributed by atoms with Gasteiger partial charge in [0.1, 0.15) is 0 Å². The van der Waals surface area contributed by atoms with Crippen LogP contribution in [0.5, 0.6) is 0 Å². The Morgan fingerprint density at radius 3 is 2.40 bits per heavy atom. The van der Waals surface area contributed by atoms with E-state index in [-0.39, 0.29) is 0 Å². The van der Waals surface area contributed by atoms with Crippen LogP contribution < -0.4 is 5.32 Å². The first-order valence-electron chi connectivity index (χ1n) is 7.03. The number of rotatable bonds is 7. The predicted molar refractivity (Wildman–Crippen MR) is 68.1 cm³/mol. The van der Waals surface area contributed by atoms with E-state index in [1.54, 1.807) is 0 Å². The van der Waals surface area contributed by atoms with Gasteiger partial charge in [-0.2, -0.15) is 0 Å². The van der Waals surface area contributed by atoms with Gasteiger partial charge in [0.05, 0.1) is 0 Å². The van der Waals surface area contributed by atoms with E-state index in [0.717, 1.165) is 11.8 Å². The van der Waals surface area contributed by atoms with Crippen molar-refractivity contribution in [1.29, 1.82) is 0 Å². The van der Waals surface area contributed by atoms with Crippen LogP contribution in [-0.2, 0) is 0 Å². The van der Waals surface area contributed by atoms with Crippen molar-refractivity contribution in [2.75, 3.05) is 13.1 Å². The molecule has 1 aliphatic rings. The maximum Gasteiger partial charge on any atom is -0.00489 e. The normalized spacial score (nSPS) is 26.8. The summed E-state index contributed by atoms with van der Waals surface area (Å²) in [5.41, 5.74) is 0. The second kappa shape index (κ2) is 8.15. The molecule has 0 heterocycles. The molecule has 0 aromatic carbocycles. The lowest BCUT2D eigenvalue weighted by atomic mass is 9.81. The maximum atomic E-state index is 3.48. The third-order valence-electron chi connectivity index (χ3n) is 3.78. The van der Waals surface area contributed by atoms with E-state index < -0.39 is 0 Å². The fraction of sp³-hybridized carbons (Fsp3) is 1.00. The molecule has 1 aliphatic carbocycles. The number of unbranched alkanes of at least 4 members (excludes halogenated alkanes) is 1. The van der Waals surface area contributed by atoms with Gasteiger partial charge in [-0.25, -0.2) is 0 Å². The van der Waals surface area contributed by atoms with E-state index in [1.807, 2.05) is 0 Å². The van der Waals surface area contributed by atoms with E-state index in [4.69, 9.17) is 0 Å². The molecule has 0 aromatic rings. The van der Waals surface area contributed by atoms with Gasteiger partial charge in [-0.1, -0.05) is 52.4 Å². The largest absolute Gasteiger partial charge is 0.317 e. The highest BCUT2D eigenvalue weighted by atomic mass is 14.8. The van der Waals surface area contributed by atoms with Gasteiger partial charge >= 0.3 is 0 Å². The molecule has 0 radical (unpaired) electrons. The van der Waals surface area contributed by atoms with Crippen LogP contribution in [0.2, 0.25) is 0 Å². The molecule has 0 unspecified atom stereocenters. The lowest BCUT2D eigenvalue weighted by Crippen LogP contribution is -2.16. The Kier molecular flexibility index (Phi) is 7.08. The van der Waals surface area contributed by atoms with E-state index in [2.05, 4.69) is 19.2 Å². The van der Waals surface area contributed by atoms with Crippen LogP contribution in [0.4, 0.5) is 0 Å². The maximum absolute atomic E-state index is 3.48. The lowest BCUT2D eigenvalue weighted by molar-refractivity contribution is 0.272. The average molecular weight is 211 g/mol. The van der Waals surface area contributed by atoms with Crippen LogP contribution in [-0.4, -0.2) is 13.1 Å². The zero-order chi connectivity index (χ0) is 10.9. The van der Waals surface area contributed by atoms with Gasteiger partial charge in [0.2, 0.25) is 0 Å². The van der Waals surface area contributed by atoms with Crippen LogP contribution in [0.3, 0.4) is 0 Å². The smallest absolute Gasteiger partial charge is 0.00489 e. The molecule has 0 aliphatic heterocycles. The number of nitrogens with one attached hydrogen (secondary N) is 1. The lowest BCUT2D eigenvalue weighted by Gasteiger charge is -2.26. The molecule has 1 saturated carbocycles. The molecule has 0 amide bonds. The van der Waals surface area contributed by atoms with E-state index in [0.29, 0.717) is 0 Å². The Bertz CT molecular complexity index is 136. The average Bonchev–Trinajstić information content (AvgIpc) is 2.26. The molecule has 1 fully saturated rings. The molecule has 0 aromatic heterocycles. The van der Waals surface area contributed by atoms with Crippen molar-refractivity contribution in [1.82, 2.24) is 5.32 Å². The third-order valence-corrected chi connectivity index (χ3v) is 3.78. The summed E-state index contributed by atoms with van der Waals surface area (Å²) in [5, 5.41) is 3.48. The number of hydrogen-bond donors (Lipinski definition) is 1. The molecule has 90 valence electrons. The molecule has 1 rings (SSSR count). The topological polar surface area (TPSA) is 12.0 Å². The Morgan fingerprint density at radius 1 is 1.00 bits per heavy atom. The Balaban J connectivity index is 1.87. The van der Waals surface area contributed by atoms with Gasteiger partial charge in [0.15, 0.2) is 0 Å². The fourth-order valence-corrected chi connectivity index (χ4v) is 2.60. The van der Waals surface area contributed by atoms with Crippen molar-refractivity contribution in [3.8, 4) is 0 Å². The molecule has 0 bridgehead atoms. The molecule has 1 nitrogen and oxygen atoms in total. The molecular weight excluding hydrogens is 182 g/mol. The van der Waals surface area contributed by atoms with Crippen LogP contribution >= 0.6 is 0 Å². The zero-order valence-corrected chi connectivity index (χ0v) is 10.7. The standard InChI is InChI=1S/C14H29N/c1-3-11-15-12-5-4-6-14-9-7-13(2)8-10-14/h13-15H,3-12H2,1-2H3. The van der Waals surface area contributed by atoms with Gasteiger partial charge in [0, 0.05) is 0 Å². The summed E-state index contributed by atoms with van der Waals surface area (Å²) < 4.78 is 0. The van der Waals surface area contributed by atoms with Crippen LogP contribution in [0.25, 0.3) is 0 Å². The van der Waals surface area contributed by atoms with Crippen LogP contribution in [0, 0.1) is 11.8 Å². The highest BCUT2D eigenvalue weighted by Gasteiger charge is 2.17.